The number of carbonyl (C=O) groups excluding carboxylic acids is 1. The molecular formula is C17H27N3O4S. The van der Waals surface area contributed by atoms with Gasteiger partial charge in [-0.1, -0.05) is 12.1 Å². The summed E-state index contributed by atoms with van der Waals surface area (Å²) in [6.07, 6.45) is 2.57. The lowest BCUT2D eigenvalue weighted by atomic mass is 10.1. The molecule has 1 aliphatic rings. The fourth-order valence-electron chi connectivity index (χ4n) is 2.96. The number of hydrogen-bond donors (Lipinski definition) is 2. The van der Waals surface area contributed by atoms with Crippen LogP contribution in [0, 0.1) is 6.92 Å². The molecule has 2 N–H and O–H groups in total. The molecule has 1 heterocycles. The number of benzene rings is 1. The summed E-state index contributed by atoms with van der Waals surface area (Å²) in [4.78, 5) is 14.3. The van der Waals surface area contributed by atoms with Crippen LogP contribution in [-0.2, 0) is 14.8 Å². The monoisotopic (exact) mass is 369 g/mol. The number of sulfonamides is 1. The molecule has 1 aromatic carbocycles. The van der Waals surface area contributed by atoms with Crippen molar-refractivity contribution in [3.8, 4) is 0 Å². The van der Waals surface area contributed by atoms with Gasteiger partial charge in [0.15, 0.2) is 0 Å². The van der Waals surface area contributed by atoms with Crippen molar-refractivity contribution in [2.75, 3.05) is 43.3 Å². The Balaban J connectivity index is 1.89. The Morgan fingerprint density at radius 1 is 1.44 bits per heavy atom. The highest BCUT2D eigenvalue weighted by Crippen LogP contribution is 2.18. The lowest BCUT2D eigenvalue weighted by molar-refractivity contribution is -0.119. The van der Waals surface area contributed by atoms with Gasteiger partial charge < -0.3 is 10.4 Å². The van der Waals surface area contributed by atoms with Gasteiger partial charge in [0.2, 0.25) is 15.9 Å². The molecule has 0 aromatic heterocycles. The van der Waals surface area contributed by atoms with E-state index in [1.807, 2.05) is 13.0 Å². The number of aryl methyl sites for hydroxylation is 1. The molecule has 1 aromatic rings. The van der Waals surface area contributed by atoms with Crippen LogP contribution in [0.25, 0.3) is 0 Å². The van der Waals surface area contributed by atoms with Crippen molar-refractivity contribution < 1.29 is 18.3 Å². The summed E-state index contributed by atoms with van der Waals surface area (Å²) < 4.78 is 25.2. The Bertz CT molecular complexity index is 693. The Morgan fingerprint density at radius 3 is 2.84 bits per heavy atom. The van der Waals surface area contributed by atoms with Crippen molar-refractivity contribution in [3.05, 3.63) is 29.8 Å². The van der Waals surface area contributed by atoms with E-state index in [4.69, 9.17) is 0 Å². The summed E-state index contributed by atoms with van der Waals surface area (Å²) in [5, 5.41) is 12.4. The molecule has 8 heteroatoms. The van der Waals surface area contributed by atoms with E-state index < -0.39 is 10.0 Å². The molecule has 140 valence electrons. The molecule has 1 saturated heterocycles. The van der Waals surface area contributed by atoms with E-state index in [-0.39, 0.29) is 18.6 Å². The third-order valence-corrected chi connectivity index (χ3v) is 5.35. The molecule has 25 heavy (non-hydrogen) atoms. The maximum Gasteiger partial charge on any atom is 0.240 e. The summed E-state index contributed by atoms with van der Waals surface area (Å²) in [6, 6.07) is 7.05. The van der Waals surface area contributed by atoms with Crippen LogP contribution in [0.3, 0.4) is 0 Å². The molecule has 0 aliphatic carbocycles. The van der Waals surface area contributed by atoms with E-state index in [1.165, 1.54) is 0 Å². The fourth-order valence-corrected chi connectivity index (χ4v) is 3.81. The van der Waals surface area contributed by atoms with Gasteiger partial charge in [-0.15, -0.1) is 0 Å². The summed E-state index contributed by atoms with van der Waals surface area (Å²) >= 11 is 0. The number of aliphatic hydroxyl groups is 1. The first kappa shape index (κ1) is 19.7. The van der Waals surface area contributed by atoms with Crippen LogP contribution in [0.1, 0.15) is 18.4 Å². The molecule has 0 radical (unpaired) electrons. The van der Waals surface area contributed by atoms with E-state index in [0.29, 0.717) is 25.3 Å². The van der Waals surface area contributed by atoms with Gasteiger partial charge in [0.1, 0.15) is 6.54 Å². The third-order valence-electron chi connectivity index (χ3n) is 4.21. The van der Waals surface area contributed by atoms with Crippen molar-refractivity contribution in [1.82, 2.24) is 10.2 Å². The van der Waals surface area contributed by atoms with Crippen molar-refractivity contribution >= 4 is 21.6 Å². The number of rotatable bonds is 7. The standard InChI is InChI=1S/C17H27N3O4S/c1-14-5-3-6-15(11-14)20(25(2,23)24)13-17(22)18-8-10-19-9-4-7-16(21)12-19/h3,5-6,11,16,21H,4,7-10,12-13H2,1-2H3,(H,18,22)/t16-/m1/s1. The fraction of sp³-hybridized carbons (Fsp3) is 0.588. The molecule has 1 fully saturated rings. The molecule has 0 bridgehead atoms. The largest absolute Gasteiger partial charge is 0.392 e. The normalized spacial score (nSPS) is 18.8. The van der Waals surface area contributed by atoms with Crippen LogP contribution in [0.2, 0.25) is 0 Å². The van der Waals surface area contributed by atoms with Crippen molar-refractivity contribution in [2.45, 2.75) is 25.9 Å². The second-order valence-corrected chi connectivity index (χ2v) is 8.46. The van der Waals surface area contributed by atoms with Crippen LogP contribution in [0.15, 0.2) is 24.3 Å². The molecular weight excluding hydrogens is 342 g/mol. The SMILES string of the molecule is Cc1cccc(N(CC(=O)NCCN2CCC[C@@H](O)C2)S(C)(=O)=O)c1. The zero-order chi connectivity index (χ0) is 18.4. The second kappa shape index (κ2) is 8.64. The van der Waals surface area contributed by atoms with E-state index in [2.05, 4.69) is 10.2 Å². The van der Waals surface area contributed by atoms with Gasteiger partial charge in [-0.3, -0.25) is 14.0 Å². The Labute approximate surface area is 149 Å². The van der Waals surface area contributed by atoms with Crippen LogP contribution in [0.4, 0.5) is 5.69 Å². The molecule has 1 amide bonds. The number of piperidine rings is 1. The van der Waals surface area contributed by atoms with Gasteiger partial charge in [0.05, 0.1) is 18.0 Å². The quantitative estimate of drug-likeness (QED) is 0.723. The highest BCUT2D eigenvalue weighted by Gasteiger charge is 2.21. The van der Waals surface area contributed by atoms with Crippen molar-refractivity contribution in [1.29, 1.82) is 0 Å². The smallest absolute Gasteiger partial charge is 0.240 e. The number of likely N-dealkylation sites (tertiary alicyclic amines) is 1. The highest BCUT2D eigenvalue weighted by molar-refractivity contribution is 7.92. The molecule has 1 atom stereocenters. The summed E-state index contributed by atoms with van der Waals surface area (Å²) in [5.41, 5.74) is 1.41. The Morgan fingerprint density at radius 2 is 2.20 bits per heavy atom. The maximum atomic E-state index is 12.2. The number of anilines is 1. The summed E-state index contributed by atoms with van der Waals surface area (Å²) in [7, 11) is -3.55. The van der Waals surface area contributed by atoms with Gasteiger partial charge in [-0.25, -0.2) is 8.42 Å². The number of nitrogens with zero attached hydrogens (tertiary/aromatic N) is 2. The summed E-state index contributed by atoms with van der Waals surface area (Å²) in [6.45, 7) is 4.23. The molecule has 0 unspecified atom stereocenters. The predicted octanol–water partition coefficient (Wildman–Crippen LogP) is 0.334. The molecule has 2 rings (SSSR count). The molecule has 1 aliphatic heterocycles. The first-order valence-corrected chi connectivity index (χ1v) is 10.3. The Hall–Kier alpha value is -1.64. The van der Waals surface area contributed by atoms with E-state index in [1.54, 1.807) is 18.2 Å². The van der Waals surface area contributed by atoms with Gasteiger partial charge in [0.25, 0.3) is 0 Å². The maximum absolute atomic E-state index is 12.2. The van der Waals surface area contributed by atoms with E-state index >= 15 is 0 Å². The zero-order valence-electron chi connectivity index (χ0n) is 14.8. The second-order valence-electron chi connectivity index (χ2n) is 6.56. The molecule has 0 spiro atoms. The topological polar surface area (TPSA) is 89.9 Å². The van der Waals surface area contributed by atoms with E-state index in [9.17, 15) is 18.3 Å². The highest BCUT2D eigenvalue weighted by atomic mass is 32.2. The lowest BCUT2D eigenvalue weighted by Crippen LogP contribution is -2.45. The lowest BCUT2D eigenvalue weighted by Gasteiger charge is -2.30. The number of aliphatic hydroxyl groups excluding tert-OH is 1. The third kappa shape index (κ3) is 6.30. The average molecular weight is 369 g/mol. The molecule has 7 nitrogen and oxygen atoms in total. The van der Waals surface area contributed by atoms with E-state index in [0.717, 1.165) is 35.5 Å². The minimum atomic E-state index is -3.55. The zero-order valence-corrected chi connectivity index (χ0v) is 15.6. The number of hydrogen-bond acceptors (Lipinski definition) is 5. The van der Waals surface area contributed by atoms with Crippen LogP contribution in [-0.4, -0.2) is 69.4 Å². The molecule has 0 saturated carbocycles. The van der Waals surface area contributed by atoms with Crippen LogP contribution < -0.4 is 9.62 Å². The predicted molar refractivity (Wildman–Crippen MR) is 98.1 cm³/mol. The van der Waals surface area contributed by atoms with Gasteiger partial charge in [-0.2, -0.15) is 0 Å². The van der Waals surface area contributed by atoms with Gasteiger partial charge in [-0.05, 0) is 44.0 Å². The van der Waals surface area contributed by atoms with Crippen molar-refractivity contribution in [3.63, 3.8) is 0 Å². The number of carbonyl (C=O) groups is 1. The van der Waals surface area contributed by atoms with Gasteiger partial charge >= 0.3 is 0 Å². The Kier molecular flexibility index (Phi) is 6.80. The van der Waals surface area contributed by atoms with Crippen molar-refractivity contribution in [2.24, 2.45) is 0 Å². The summed E-state index contributed by atoms with van der Waals surface area (Å²) in [5.74, 6) is -0.343. The number of amides is 1. The van der Waals surface area contributed by atoms with Crippen LogP contribution >= 0.6 is 0 Å². The minimum absolute atomic E-state index is 0.245. The van der Waals surface area contributed by atoms with Crippen LogP contribution in [0.5, 0.6) is 0 Å². The first-order valence-electron chi connectivity index (χ1n) is 8.47. The average Bonchev–Trinajstić information content (AvgIpc) is 2.51. The first-order chi connectivity index (χ1) is 11.8. The van der Waals surface area contributed by atoms with Gasteiger partial charge in [0, 0.05) is 19.6 Å². The number of nitrogens with one attached hydrogen (secondary N) is 1. The minimum Gasteiger partial charge on any atom is -0.392 e. The number of β-amino-alcohol motifs (C(OH)–C–C–N with tert-alkyl or cyclic N) is 1.